The van der Waals surface area contributed by atoms with E-state index in [0.29, 0.717) is 22.6 Å². The van der Waals surface area contributed by atoms with Gasteiger partial charge in [0.05, 0.1) is 5.75 Å². The highest BCUT2D eigenvalue weighted by molar-refractivity contribution is 8.14. The molecule has 26 heavy (non-hydrogen) atoms. The third kappa shape index (κ3) is 3.32. The van der Waals surface area contributed by atoms with Crippen LogP contribution < -0.4 is 5.73 Å². The number of likely N-dealkylation sites (N-methyl/N-ethyl adjacent to an activating group) is 2. The number of benzene rings is 1. The predicted molar refractivity (Wildman–Crippen MR) is 99.2 cm³/mol. The maximum absolute atomic E-state index is 12.7. The van der Waals surface area contributed by atoms with Crippen molar-refractivity contribution >= 4 is 52.2 Å². The van der Waals surface area contributed by atoms with E-state index < -0.39 is 18.0 Å². The van der Waals surface area contributed by atoms with Crippen LogP contribution in [-0.4, -0.2) is 69.1 Å². The van der Waals surface area contributed by atoms with Crippen molar-refractivity contribution in [1.82, 2.24) is 9.80 Å². The Balaban J connectivity index is 1.99. The number of fused-ring (bicyclic) bond motifs is 1. The number of carbonyl (C=O) groups is 3. The molecule has 2 aliphatic heterocycles. The normalized spacial score (nSPS) is 19.8. The fourth-order valence-electron chi connectivity index (χ4n) is 2.77. The number of primary amides is 1. The highest BCUT2D eigenvalue weighted by Crippen LogP contribution is 2.24. The highest BCUT2D eigenvalue weighted by atomic mass is 35.5. The summed E-state index contributed by atoms with van der Waals surface area (Å²) in [6.45, 7) is 0.373. The van der Waals surface area contributed by atoms with Gasteiger partial charge in [-0.15, -0.1) is 0 Å². The van der Waals surface area contributed by atoms with Gasteiger partial charge < -0.3 is 5.73 Å². The molecular formula is C16H17ClN5O3S+. The van der Waals surface area contributed by atoms with Crippen LogP contribution in [0.25, 0.3) is 0 Å². The number of rotatable bonds is 4. The van der Waals surface area contributed by atoms with Gasteiger partial charge in [0, 0.05) is 19.1 Å². The van der Waals surface area contributed by atoms with Crippen LogP contribution in [0.2, 0.25) is 5.02 Å². The first-order valence-corrected chi connectivity index (χ1v) is 9.09. The van der Waals surface area contributed by atoms with E-state index in [1.807, 2.05) is 12.1 Å². The minimum absolute atomic E-state index is 0.0254. The van der Waals surface area contributed by atoms with Gasteiger partial charge in [0.25, 0.3) is 17.8 Å². The monoisotopic (exact) mass is 394 g/mol. The van der Waals surface area contributed by atoms with Gasteiger partial charge in [-0.1, -0.05) is 23.7 Å². The number of halogens is 1. The zero-order valence-electron chi connectivity index (χ0n) is 14.2. The second-order valence-corrected chi connectivity index (χ2v) is 7.28. The van der Waals surface area contributed by atoms with Crippen molar-refractivity contribution in [2.75, 3.05) is 19.8 Å². The Kier molecular flexibility index (Phi) is 5.01. The molecule has 0 saturated carbocycles. The van der Waals surface area contributed by atoms with E-state index in [0.717, 1.165) is 22.2 Å². The summed E-state index contributed by atoms with van der Waals surface area (Å²) >= 11 is 7.07. The molecule has 3 rings (SSSR count). The second kappa shape index (κ2) is 7.08. The Bertz CT molecular complexity index is 852. The molecule has 1 saturated heterocycles. The molecule has 0 spiro atoms. The zero-order valence-corrected chi connectivity index (χ0v) is 15.8. The summed E-state index contributed by atoms with van der Waals surface area (Å²) in [7, 11) is 3.01. The van der Waals surface area contributed by atoms with E-state index in [1.165, 1.54) is 11.9 Å². The molecule has 10 heteroatoms. The van der Waals surface area contributed by atoms with Crippen molar-refractivity contribution in [3.63, 3.8) is 0 Å². The Labute approximate surface area is 159 Å². The molecule has 136 valence electrons. The third-order valence-corrected chi connectivity index (χ3v) is 5.37. The molecule has 8 nitrogen and oxygen atoms in total. The minimum Gasteiger partial charge on any atom is -0.369 e. The van der Waals surface area contributed by atoms with Crippen molar-refractivity contribution in [2.24, 2.45) is 10.7 Å². The molecule has 4 amide bonds. The van der Waals surface area contributed by atoms with E-state index in [4.69, 9.17) is 17.3 Å². The number of urea groups is 1. The maximum Gasteiger partial charge on any atom is 0.358 e. The van der Waals surface area contributed by atoms with Crippen molar-refractivity contribution in [3.8, 4) is 0 Å². The van der Waals surface area contributed by atoms with E-state index >= 15 is 0 Å². The Hall–Kier alpha value is -2.39. The smallest absolute Gasteiger partial charge is 0.358 e. The number of nitrogens with zero attached hydrogens (tertiary/aromatic N) is 4. The third-order valence-electron chi connectivity index (χ3n) is 4.10. The minimum atomic E-state index is -0.728. The van der Waals surface area contributed by atoms with Crippen LogP contribution in [0.4, 0.5) is 4.79 Å². The van der Waals surface area contributed by atoms with Crippen LogP contribution in [0.1, 0.15) is 5.56 Å². The van der Waals surface area contributed by atoms with E-state index in [-0.39, 0.29) is 11.7 Å². The molecule has 0 bridgehead atoms. The summed E-state index contributed by atoms with van der Waals surface area (Å²) in [5, 5.41) is 1.08. The van der Waals surface area contributed by atoms with Crippen LogP contribution >= 0.6 is 23.4 Å². The maximum atomic E-state index is 12.7. The first-order valence-electron chi connectivity index (χ1n) is 7.72. The molecule has 0 aromatic heterocycles. The number of nitrogens with two attached hydrogens (primary N) is 1. The summed E-state index contributed by atoms with van der Waals surface area (Å²) < 4.78 is 1.77. The van der Waals surface area contributed by atoms with E-state index in [1.54, 1.807) is 23.8 Å². The van der Waals surface area contributed by atoms with Crippen LogP contribution in [0.3, 0.4) is 0 Å². The first-order chi connectivity index (χ1) is 12.3. The van der Waals surface area contributed by atoms with Gasteiger partial charge in [-0.2, -0.15) is 0 Å². The lowest BCUT2D eigenvalue weighted by atomic mass is 10.1. The summed E-state index contributed by atoms with van der Waals surface area (Å²) in [5.74, 6) is -0.483. The molecule has 1 atom stereocenters. The van der Waals surface area contributed by atoms with Gasteiger partial charge in [0.15, 0.2) is 0 Å². The number of aliphatic imine (C=N–C) groups is 1. The van der Waals surface area contributed by atoms with Crippen molar-refractivity contribution in [2.45, 2.75) is 12.6 Å². The molecule has 1 aromatic rings. The molecule has 2 aliphatic rings. The number of amidine groups is 2. The number of amides is 4. The standard InChI is InChI=1S/C16H16ClN5O3S/c1-20-13-12(14(24)21(2)16(20)25)22(15(19-13)26-8-11(18)23)7-9-3-5-10(17)6-4-9/h3-6,12H,7-8H2,1-2H3,(H-,18,23)/p+1. The number of imide groups is 1. The lowest BCUT2D eigenvalue weighted by molar-refractivity contribution is -0.548. The largest absolute Gasteiger partial charge is 0.369 e. The molecule has 1 fully saturated rings. The van der Waals surface area contributed by atoms with Crippen molar-refractivity contribution < 1.29 is 19.0 Å². The topological polar surface area (TPSA) is 99.1 Å². The molecule has 0 aliphatic carbocycles. The average Bonchev–Trinajstić information content (AvgIpc) is 2.96. The predicted octanol–water partition coefficient (Wildman–Crippen LogP) is 0.732. The summed E-state index contributed by atoms with van der Waals surface area (Å²) in [6.07, 6.45) is 0. The molecule has 2 N–H and O–H groups in total. The van der Waals surface area contributed by atoms with Crippen LogP contribution in [0, 0.1) is 0 Å². The summed E-state index contributed by atoms with van der Waals surface area (Å²) in [6, 6.07) is 6.04. The van der Waals surface area contributed by atoms with Crippen LogP contribution in [0.5, 0.6) is 0 Å². The first kappa shape index (κ1) is 18.4. The van der Waals surface area contributed by atoms with E-state index in [2.05, 4.69) is 4.99 Å². The fraction of sp³-hybridized carbons (Fsp3) is 0.312. The van der Waals surface area contributed by atoms with Gasteiger partial charge >= 0.3 is 11.2 Å². The Morgan fingerprint density at radius 2 is 1.92 bits per heavy atom. The lowest BCUT2D eigenvalue weighted by Gasteiger charge is -2.30. The van der Waals surface area contributed by atoms with Crippen molar-refractivity contribution in [3.05, 3.63) is 34.9 Å². The lowest BCUT2D eigenvalue weighted by Crippen LogP contribution is -2.61. The second-order valence-electron chi connectivity index (χ2n) is 5.90. The number of carbonyl (C=O) groups excluding carboxylic acids is 3. The number of hydrogen-bond acceptors (Lipinski definition) is 5. The van der Waals surface area contributed by atoms with Gasteiger partial charge in [0.1, 0.15) is 6.54 Å². The molecule has 1 unspecified atom stereocenters. The number of hydrogen-bond donors (Lipinski definition) is 1. The molecule has 0 radical (unpaired) electrons. The van der Waals surface area contributed by atoms with Crippen LogP contribution in [-0.2, 0) is 16.1 Å². The highest BCUT2D eigenvalue weighted by Gasteiger charge is 2.53. The quantitative estimate of drug-likeness (QED) is 0.761. The van der Waals surface area contributed by atoms with Gasteiger partial charge in [-0.25, -0.2) is 9.37 Å². The molecule has 1 aromatic carbocycles. The summed E-state index contributed by atoms with van der Waals surface area (Å²) in [5.41, 5.74) is 6.15. The van der Waals surface area contributed by atoms with Crippen molar-refractivity contribution in [1.29, 1.82) is 0 Å². The Morgan fingerprint density at radius 3 is 2.54 bits per heavy atom. The zero-order chi connectivity index (χ0) is 19.0. The Morgan fingerprint density at radius 1 is 1.27 bits per heavy atom. The number of thioether (sulfide) groups is 1. The van der Waals surface area contributed by atoms with Gasteiger partial charge in [0.2, 0.25) is 5.91 Å². The molecule has 2 heterocycles. The van der Waals surface area contributed by atoms with Crippen LogP contribution in [0.15, 0.2) is 29.3 Å². The summed E-state index contributed by atoms with van der Waals surface area (Å²) in [4.78, 5) is 42.9. The molecular weight excluding hydrogens is 378 g/mol. The fourth-order valence-corrected chi connectivity index (χ4v) is 3.66. The van der Waals surface area contributed by atoms with E-state index in [9.17, 15) is 14.4 Å². The SMILES string of the molecule is CN1C(=O)C2C(=NC(SCC(N)=O)=[N+]2Cc2ccc(Cl)cc2)N(C)C1=O. The van der Waals surface area contributed by atoms with Gasteiger partial charge in [-0.05, 0) is 34.5 Å². The average molecular weight is 395 g/mol. The van der Waals surface area contributed by atoms with Gasteiger partial charge in [-0.3, -0.25) is 19.4 Å².